The lowest BCUT2D eigenvalue weighted by Crippen LogP contribution is -2.43. The monoisotopic (exact) mass is 384 g/mol. The van der Waals surface area contributed by atoms with Gasteiger partial charge in [-0.1, -0.05) is 47.5 Å². The lowest BCUT2D eigenvalue weighted by Gasteiger charge is -2.31. The summed E-state index contributed by atoms with van der Waals surface area (Å²) >= 11 is 1.58. The van der Waals surface area contributed by atoms with Gasteiger partial charge in [0, 0.05) is 24.5 Å². The topological polar surface area (TPSA) is 41.6 Å². The van der Waals surface area contributed by atoms with Gasteiger partial charge < -0.3 is 10.1 Å². The molecule has 0 aromatic heterocycles. The number of carbonyl (C=O) groups excluding carboxylic acids is 1. The second-order valence-corrected chi connectivity index (χ2v) is 8.09. The first-order chi connectivity index (χ1) is 13.1. The Morgan fingerprint density at radius 2 is 1.63 bits per heavy atom. The van der Waals surface area contributed by atoms with Crippen LogP contribution in [0.4, 0.5) is 0 Å². The number of ether oxygens (including phenoxy) is 1. The molecular weight excluding hydrogens is 356 g/mol. The van der Waals surface area contributed by atoms with Crippen molar-refractivity contribution in [2.24, 2.45) is 0 Å². The Bertz CT molecular complexity index is 725. The number of nitrogens with zero attached hydrogens (tertiary/aromatic N) is 1. The molecule has 2 aromatic carbocycles. The highest BCUT2D eigenvalue weighted by Crippen LogP contribution is 2.20. The van der Waals surface area contributed by atoms with Crippen LogP contribution < -0.4 is 5.32 Å². The number of thioether (sulfide) groups is 1. The van der Waals surface area contributed by atoms with E-state index in [1.165, 1.54) is 11.1 Å². The summed E-state index contributed by atoms with van der Waals surface area (Å²) < 4.78 is 5.45. The number of amides is 1. The summed E-state index contributed by atoms with van der Waals surface area (Å²) in [6.07, 6.45) is 0. The van der Waals surface area contributed by atoms with Gasteiger partial charge in [-0.3, -0.25) is 9.69 Å². The first kappa shape index (κ1) is 19.9. The Balaban J connectivity index is 1.61. The molecule has 1 fully saturated rings. The number of morpholine rings is 1. The fourth-order valence-electron chi connectivity index (χ4n) is 3.09. The van der Waals surface area contributed by atoms with Crippen molar-refractivity contribution in [3.63, 3.8) is 0 Å². The molecule has 3 rings (SSSR count). The van der Waals surface area contributed by atoms with Crippen molar-refractivity contribution in [2.45, 2.75) is 24.8 Å². The van der Waals surface area contributed by atoms with Gasteiger partial charge in [-0.2, -0.15) is 0 Å². The molecule has 0 saturated carbocycles. The highest BCUT2D eigenvalue weighted by atomic mass is 32.2. The predicted molar refractivity (Wildman–Crippen MR) is 111 cm³/mol. The molecule has 0 bridgehead atoms. The molecule has 0 spiro atoms. The smallest absolute Gasteiger partial charge is 0.230 e. The third-order valence-corrected chi connectivity index (χ3v) is 5.76. The van der Waals surface area contributed by atoms with E-state index in [0.29, 0.717) is 5.75 Å². The lowest BCUT2D eigenvalue weighted by molar-refractivity contribution is -0.119. The van der Waals surface area contributed by atoms with Crippen molar-refractivity contribution in [1.29, 1.82) is 0 Å². The summed E-state index contributed by atoms with van der Waals surface area (Å²) in [7, 11) is 0. The van der Waals surface area contributed by atoms with Crippen molar-refractivity contribution in [3.8, 4) is 0 Å². The fraction of sp³-hybridized carbons (Fsp3) is 0.409. The van der Waals surface area contributed by atoms with E-state index >= 15 is 0 Å². The van der Waals surface area contributed by atoms with Gasteiger partial charge in [0.05, 0.1) is 25.0 Å². The molecule has 144 valence electrons. The summed E-state index contributed by atoms with van der Waals surface area (Å²) in [6.45, 7) is 8.31. The van der Waals surface area contributed by atoms with Crippen LogP contribution >= 0.6 is 11.8 Å². The molecule has 0 unspecified atom stereocenters. The minimum absolute atomic E-state index is 0.00480. The van der Waals surface area contributed by atoms with Crippen molar-refractivity contribution in [3.05, 3.63) is 65.2 Å². The zero-order valence-electron chi connectivity index (χ0n) is 16.1. The van der Waals surface area contributed by atoms with Crippen LogP contribution in [0.5, 0.6) is 0 Å². The van der Waals surface area contributed by atoms with Crippen LogP contribution in [0.3, 0.4) is 0 Å². The SMILES string of the molecule is Cc1ccc(SCC(=O)N[C@@H](CN2CCOCC2)c2ccc(C)cc2)cc1. The quantitative estimate of drug-likeness (QED) is 0.741. The van der Waals surface area contributed by atoms with Gasteiger partial charge in [-0.25, -0.2) is 0 Å². The Morgan fingerprint density at radius 1 is 1.04 bits per heavy atom. The average Bonchev–Trinajstić information content (AvgIpc) is 2.68. The summed E-state index contributed by atoms with van der Waals surface area (Å²) in [6, 6.07) is 16.7. The van der Waals surface area contributed by atoms with Crippen LogP contribution in [0.25, 0.3) is 0 Å². The third-order valence-electron chi connectivity index (χ3n) is 4.75. The van der Waals surface area contributed by atoms with Crippen LogP contribution in [0.1, 0.15) is 22.7 Å². The van der Waals surface area contributed by atoms with E-state index in [9.17, 15) is 4.79 Å². The van der Waals surface area contributed by atoms with Crippen molar-refractivity contribution in [1.82, 2.24) is 10.2 Å². The molecule has 2 aromatic rings. The second-order valence-electron chi connectivity index (χ2n) is 7.05. The van der Waals surface area contributed by atoms with Crippen LogP contribution in [-0.2, 0) is 9.53 Å². The van der Waals surface area contributed by atoms with Crippen LogP contribution in [0.2, 0.25) is 0 Å². The largest absolute Gasteiger partial charge is 0.379 e. The second kappa shape index (κ2) is 9.93. The van der Waals surface area contributed by atoms with Crippen LogP contribution in [0, 0.1) is 13.8 Å². The maximum absolute atomic E-state index is 12.6. The Labute approximate surface area is 166 Å². The van der Waals surface area contributed by atoms with E-state index in [1.54, 1.807) is 11.8 Å². The Hall–Kier alpha value is -1.82. The van der Waals surface area contributed by atoms with E-state index in [4.69, 9.17) is 4.74 Å². The molecular formula is C22H28N2O2S. The molecule has 1 aliphatic rings. The number of hydrogen-bond donors (Lipinski definition) is 1. The van der Waals surface area contributed by atoms with Gasteiger partial charge in [-0.05, 0) is 31.5 Å². The minimum atomic E-state index is -0.00480. The molecule has 1 N–H and O–H groups in total. The molecule has 1 heterocycles. The van der Waals surface area contributed by atoms with Crippen molar-refractivity contribution in [2.75, 3.05) is 38.6 Å². The van der Waals surface area contributed by atoms with E-state index in [-0.39, 0.29) is 11.9 Å². The van der Waals surface area contributed by atoms with Crippen molar-refractivity contribution >= 4 is 17.7 Å². The van der Waals surface area contributed by atoms with Gasteiger partial charge in [0.15, 0.2) is 0 Å². The molecule has 1 aliphatic heterocycles. The highest BCUT2D eigenvalue weighted by Gasteiger charge is 2.20. The molecule has 27 heavy (non-hydrogen) atoms. The Kier molecular flexibility index (Phi) is 7.33. The predicted octanol–water partition coefficient (Wildman–Crippen LogP) is 3.59. The molecule has 1 atom stereocenters. The maximum atomic E-state index is 12.6. The van der Waals surface area contributed by atoms with Gasteiger partial charge in [0.25, 0.3) is 0 Å². The van der Waals surface area contributed by atoms with E-state index in [0.717, 1.165) is 43.3 Å². The normalized spacial score (nSPS) is 16.1. The fourth-order valence-corrected chi connectivity index (χ4v) is 3.80. The zero-order chi connectivity index (χ0) is 19.1. The number of nitrogens with one attached hydrogen (secondary N) is 1. The van der Waals surface area contributed by atoms with E-state index in [2.05, 4.69) is 72.6 Å². The first-order valence-electron chi connectivity index (χ1n) is 9.45. The molecule has 5 heteroatoms. The molecule has 0 radical (unpaired) electrons. The van der Waals surface area contributed by atoms with Gasteiger partial charge in [-0.15, -0.1) is 11.8 Å². The minimum Gasteiger partial charge on any atom is -0.379 e. The Morgan fingerprint density at radius 3 is 2.26 bits per heavy atom. The number of rotatable bonds is 7. The molecule has 1 saturated heterocycles. The van der Waals surface area contributed by atoms with Gasteiger partial charge >= 0.3 is 0 Å². The summed E-state index contributed by atoms with van der Waals surface area (Å²) in [5.74, 6) is 0.494. The van der Waals surface area contributed by atoms with Crippen LogP contribution in [-0.4, -0.2) is 49.4 Å². The summed E-state index contributed by atoms with van der Waals surface area (Å²) in [5.41, 5.74) is 3.61. The number of hydrogen-bond acceptors (Lipinski definition) is 4. The van der Waals surface area contributed by atoms with Gasteiger partial charge in [0.1, 0.15) is 0 Å². The van der Waals surface area contributed by atoms with E-state index in [1.807, 2.05) is 0 Å². The third kappa shape index (κ3) is 6.38. The summed E-state index contributed by atoms with van der Waals surface area (Å²) in [4.78, 5) is 16.1. The van der Waals surface area contributed by atoms with Gasteiger partial charge in [0.2, 0.25) is 5.91 Å². The summed E-state index contributed by atoms with van der Waals surface area (Å²) in [5, 5.41) is 3.24. The lowest BCUT2D eigenvalue weighted by atomic mass is 10.0. The number of carbonyl (C=O) groups is 1. The molecule has 0 aliphatic carbocycles. The average molecular weight is 385 g/mol. The standard InChI is InChI=1S/C22H28N2O2S/c1-17-3-7-19(8-4-17)21(15-24-11-13-26-14-12-24)23-22(25)16-27-20-9-5-18(2)6-10-20/h3-10,21H,11-16H2,1-2H3,(H,23,25)/t21-/m0/s1. The van der Waals surface area contributed by atoms with Crippen molar-refractivity contribution < 1.29 is 9.53 Å². The molecule has 4 nitrogen and oxygen atoms in total. The zero-order valence-corrected chi connectivity index (χ0v) is 16.9. The molecule has 1 amide bonds. The van der Waals surface area contributed by atoms with Crippen LogP contribution in [0.15, 0.2) is 53.4 Å². The number of aryl methyl sites for hydroxylation is 2. The maximum Gasteiger partial charge on any atom is 0.230 e. The van der Waals surface area contributed by atoms with E-state index < -0.39 is 0 Å². The highest BCUT2D eigenvalue weighted by molar-refractivity contribution is 8.00. The number of benzene rings is 2. The first-order valence-corrected chi connectivity index (χ1v) is 10.4.